The van der Waals surface area contributed by atoms with Gasteiger partial charge in [-0.2, -0.15) is 4.98 Å². The summed E-state index contributed by atoms with van der Waals surface area (Å²) >= 11 is 1.54. The molecule has 0 bridgehead atoms. The molecule has 10 nitrogen and oxygen atoms in total. The highest BCUT2D eigenvalue weighted by atomic mass is 32.1. The molecule has 0 saturated heterocycles. The molecule has 0 atom stereocenters. The lowest BCUT2D eigenvalue weighted by Crippen LogP contribution is -2.27. The molecule has 0 spiro atoms. The number of aromatic nitrogens is 5. The molecule has 0 saturated carbocycles. The minimum Gasteiger partial charge on any atom is -0.484 e. The maximum Gasteiger partial charge on any atom is 0.264 e. The van der Waals surface area contributed by atoms with Gasteiger partial charge in [0, 0.05) is 18.1 Å². The van der Waals surface area contributed by atoms with Crippen LogP contribution in [0.4, 0.5) is 5.82 Å². The van der Waals surface area contributed by atoms with Crippen molar-refractivity contribution in [3.05, 3.63) is 47.4 Å². The molecular weight excluding hydrogens is 468 g/mol. The summed E-state index contributed by atoms with van der Waals surface area (Å²) in [4.78, 5) is 14.6. The minimum absolute atomic E-state index is 0.122. The Balaban J connectivity index is 1.48. The zero-order chi connectivity index (χ0) is 24.6. The zero-order valence-corrected chi connectivity index (χ0v) is 20.5. The number of pyridine rings is 1. The molecule has 0 amide bonds. The highest BCUT2D eigenvalue weighted by Gasteiger charge is 2.23. The summed E-state index contributed by atoms with van der Waals surface area (Å²) < 4.78 is 18.8. The number of aliphatic hydroxyl groups is 1. The Bertz CT molecular complexity index is 1470. The lowest BCUT2D eigenvalue weighted by atomic mass is 10.1. The smallest absolute Gasteiger partial charge is 0.264 e. The van der Waals surface area contributed by atoms with E-state index >= 15 is 0 Å². The SMILES string of the molecule is CCOCc1nc2c(N)nc3cc(OCc4nc(-c5cccs5)no4)ccc3c2n1CC(C)(C)O. The fourth-order valence-electron chi connectivity index (χ4n) is 3.85. The lowest BCUT2D eigenvalue weighted by Gasteiger charge is -2.20. The number of rotatable bonds is 9. The summed E-state index contributed by atoms with van der Waals surface area (Å²) in [5.41, 5.74) is 7.36. The van der Waals surface area contributed by atoms with Gasteiger partial charge in [0.2, 0.25) is 5.82 Å². The number of nitrogen functional groups attached to an aromatic ring is 1. The molecule has 35 heavy (non-hydrogen) atoms. The van der Waals surface area contributed by atoms with E-state index in [9.17, 15) is 5.11 Å². The monoisotopic (exact) mass is 494 g/mol. The number of ether oxygens (including phenoxy) is 2. The molecule has 0 aliphatic rings. The molecule has 0 aliphatic heterocycles. The van der Waals surface area contributed by atoms with Crippen LogP contribution in [0, 0.1) is 0 Å². The number of nitrogens with two attached hydrogens (primary N) is 1. The van der Waals surface area contributed by atoms with Crippen molar-refractivity contribution < 1.29 is 19.1 Å². The van der Waals surface area contributed by atoms with Crippen LogP contribution in [0.5, 0.6) is 5.75 Å². The van der Waals surface area contributed by atoms with Gasteiger partial charge in [0.15, 0.2) is 12.4 Å². The quantitative estimate of drug-likeness (QED) is 0.310. The van der Waals surface area contributed by atoms with Gasteiger partial charge in [0.1, 0.15) is 23.7 Å². The van der Waals surface area contributed by atoms with Gasteiger partial charge in [0.25, 0.3) is 5.89 Å². The first-order chi connectivity index (χ1) is 16.8. The molecule has 0 fully saturated rings. The molecule has 5 rings (SSSR count). The van der Waals surface area contributed by atoms with Crippen LogP contribution in [0.2, 0.25) is 0 Å². The summed E-state index contributed by atoms with van der Waals surface area (Å²) in [7, 11) is 0. The standard InChI is InChI=1S/C24H26N6O4S/c1-4-32-11-18-27-20-21(30(18)13-24(2,3)31)15-8-7-14(10-16(15)26-22(20)25)33-12-19-28-23(29-34-19)17-6-5-9-35-17/h5-10,31H,4,11-13H2,1-3H3,(H2,25,26). The third-order valence-electron chi connectivity index (χ3n) is 5.31. The van der Waals surface area contributed by atoms with E-state index in [0.29, 0.717) is 59.9 Å². The number of hydrogen-bond donors (Lipinski definition) is 2. The van der Waals surface area contributed by atoms with E-state index in [1.54, 1.807) is 25.2 Å². The van der Waals surface area contributed by atoms with E-state index in [0.717, 1.165) is 15.8 Å². The van der Waals surface area contributed by atoms with E-state index in [-0.39, 0.29) is 6.61 Å². The number of anilines is 1. The highest BCUT2D eigenvalue weighted by molar-refractivity contribution is 7.13. The molecule has 0 unspecified atom stereocenters. The number of thiophene rings is 1. The van der Waals surface area contributed by atoms with E-state index in [1.807, 2.05) is 47.2 Å². The molecule has 5 aromatic rings. The Hall–Kier alpha value is -3.54. The Kier molecular flexibility index (Phi) is 6.13. The summed E-state index contributed by atoms with van der Waals surface area (Å²) in [6, 6.07) is 9.44. The first kappa shape index (κ1) is 23.2. The van der Waals surface area contributed by atoms with Crippen molar-refractivity contribution >= 4 is 39.1 Å². The summed E-state index contributed by atoms with van der Waals surface area (Å²) in [6.45, 7) is 6.74. The molecule has 1 aromatic carbocycles. The van der Waals surface area contributed by atoms with Gasteiger partial charge < -0.3 is 29.4 Å². The fraction of sp³-hybridized carbons (Fsp3) is 0.333. The maximum atomic E-state index is 10.5. The minimum atomic E-state index is -0.964. The third kappa shape index (κ3) is 4.83. The van der Waals surface area contributed by atoms with Crippen molar-refractivity contribution in [1.82, 2.24) is 24.7 Å². The first-order valence-corrected chi connectivity index (χ1v) is 12.1. The van der Waals surface area contributed by atoms with Crippen LogP contribution in [0.1, 0.15) is 32.5 Å². The molecule has 182 valence electrons. The predicted molar refractivity (Wildman–Crippen MR) is 133 cm³/mol. The first-order valence-electron chi connectivity index (χ1n) is 11.2. The Morgan fingerprint density at radius 1 is 1.17 bits per heavy atom. The van der Waals surface area contributed by atoms with E-state index < -0.39 is 5.60 Å². The van der Waals surface area contributed by atoms with Crippen molar-refractivity contribution in [3.8, 4) is 16.5 Å². The molecule has 3 N–H and O–H groups in total. The van der Waals surface area contributed by atoms with Gasteiger partial charge in [0.05, 0.1) is 28.1 Å². The van der Waals surface area contributed by atoms with E-state index in [1.165, 1.54) is 0 Å². The fourth-order valence-corrected chi connectivity index (χ4v) is 4.50. The van der Waals surface area contributed by atoms with E-state index in [2.05, 4.69) is 20.1 Å². The van der Waals surface area contributed by atoms with Gasteiger partial charge in [-0.25, -0.2) is 9.97 Å². The molecule has 4 aromatic heterocycles. The number of imidazole rings is 1. The second kappa shape index (κ2) is 9.25. The van der Waals surface area contributed by atoms with Crippen LogP contribution < -0.4 is 10.5 Å². The second-order valence-corrected chi connectivity index (χ2v) is 9.66. The van der Waals surface area contributed by atoms with Crippen LogP contribution in [0.3, 0.4) is 0 Å². The lowest BCUT2D eigenvalue weighted by molar-refractivity contribution is 0.0582. The number of nitrogens with zero attached hydrogens (tertiary/aromatic N) is 5. The van der Waals surface area contributed by atoms with Crippen LogP contribution >= 0.6 is 11.3 Å². The molecule has 0 radical (unpaired) electrons. The molecule has 11 heteroatoms. The number of benzene rings is 1. The Morgan fingerprint density at radius 3 is 2.77 bits per heavy atom. The van der Waals surface area contributed by atoms with Crippen LogP contribution in [-0.2, 0) is 24.5 Å². The summed E-state index contributed by atoms with van der Waals surface area (Å²) in [5.74, 6) is 2.48. The van der Waals surface area contributed by atoms with Gasteiger partial charge >= 0.3 is 0 Å². The second-order valence-electron chi connectivity index (χ2n) is 8.71. The number of fused-ring (bicyclic) bond motifs is 3. The summed E-state index contributed by atoms with van der Waals surface area (Å²) in [5, 5.41) is 17.4. The van der Waals surface area contributed by atoms with Crippen molar-refractivity contribution in [2.24, 2.45) is 0 Å². The normalized spacial score (nSPS) is 12.1. The van der Waals surface area contributed by atoms with Gasteiger partial charge in [-0.3, -0.25) is 0 Å². The topological polar surface area (TPSA) is 134 Å². The van der Waals surface area contributed by atoms with Crippen molar-refractivity contribution in [1.29, 1.82) is 0 Å². The molecule has 0 aliphatic carbocycles. The molecular formula is C24H26N6O4S. The largest absolute Gasteiger partial charge is 0.484 e. The molecule has 4 heterocycles. The predicted octanol–water partition coefficient (Wildman–Crippen LogP) is 4.16. The third-order valence-corrected chi connectivity index (χ3v) is 6.17. The average molecular weight is 495 g/mol. The van der Waals surface area contributed by atoms with Crippen molar-refractivity contribution in [2.75, 3.05) is 12.3 Å². The van der Waals surface area contributed by atoms with Gasteiger partial charge in [-0.1, -0.05) is 11.2 Å². The number of hydrogen-bond acceptors (Lipinski definition) is 10. The van der Waals surface area contributed by atoms with Crippen molar-refractivity contribution in [3.63, 3.8) is 0 Å². The van der Waals surface area contributed by atoms with Crippen LogP contribution in [0.25, 0.3) is 32.6 Å². The Labute approximate surface area is 205 Å². The van der Waals surface area contributed by atoms with E-state index in [4.69, 9.17) is 19.7 Å². The van der Waals surface area contributed by atoms with Crippen LogP contribution in [-0.4, -0.2) is 42.0 Å². The zero-order valence-electron chi connectivity index (χ0n) is 19.7. The highest BCUT2D eigenvalue weighted by Crippen LogP contribution is 2.32. The maximum absolute atomic E-state index is 10.5. The van der Waals surface area contributed by atoms with Gasteiger partial charge in [-0.15, -0.1) is 11.3 Å². The average Bonchev–Trinajstić information content (AvgIpc) is 3.56. The van der Waals surface area contributed by atoms with Crippen LogP contribution in [0.15, 0.2) is 40.2 Å². The van der Waals surface area contributed by atoms with Crippen molar-refractivity contribution in [2.45, 2.75) is 46.1 Å². The Morgan fingerprint density at radius 2 is 2.03 bits per heavy atom. The van der Waals surface area contributed by atoms with Gasteiger partial charge in [-0.05, 0) is 44.4 Å². The summed E-state index contributed by atoms with van der Waals surface area (Å²) in [6.07, 6.45) is 0.